The van der Waals surface area contributed by atoms with Crippen molar-refractivity contribution in [2.75, 3.05) is 46.3 Å². The third-order valence-corrected chi connectivity index (χ3v) is 5.52. The van der Waals surface area contributed by atoms with Crippen LogP contribution in [0.3, 0.4) is 0 Å². The molecule has 1 heterocycles. The van der Waals surface area contributed by atoms with Gasteiger partial charge in [0.15, 0.2) is 16.6 Å². The molecule has 0 saturated carbocycles. The maximum atomic E-state index is 13.5. The Hall–Kier alpha value is -2.95. The van der Waals surface area contributed by atoms with E-state index < -0.39 is 10.8 Å². The van der Waals surface area contributed by atoms with Crippen molar-refractivity contribution in [2.45, 2.75) is 0 Å². The topological polar surface area (TPSA) is 98.0 Å². The molecule has 0 unspecified atom stereocenters. The highest BCUT2D eigenvalue weighted by atomic mass is 35.5. The molecule has 166 valence electrons. The molecule has 0 bridgehead atoms. The maximum absolute atomic E-state index is 13.5. The number of anilines is 1. The molecule has 1 amide bonds. The number of aromatic nitrogens is 1. The Balaban J connectivity index is 0.00000341. The Bertz CT molecular complexity index is 1060. The van der Waals surface area contributed by atoms with Crippen LogP contribution in [0.25, 0.3) is 10.2 Å². The fourth-order valence-electron chi connectivity index (χ4n) is 2.90. The molecule has 3 aromatic rings. The van der Waals surface area contributed by atoms with Crippen molar-refractivity contribution in [3.05, 3.63) is 52.1 Å². The average Bonchev–Trinajstić information content (AvgIpc) is 3.16. The number of likely N-dealkylation sites (N-methyl/N-ethyl adjacent to an activating group) is 1. The SMILES string of the molecule is COc1cc(C(=O)N(CCN(C)C)c2nc3ccccc3s2)c([N+](=O)[O-])cc1OC.Cl. The summed E-state index contributed by atoms with van der Waals surface area (Å²) in [6.45, 7) is 0.875. The van der Waals surface area contributed by atoms with Crippen LogP contribution in [0.1, 0.15) is 10.4 Å². The van der Waals surface area contributed by atoms with Crippen molar-refractivity contribution in [1.29, 1.82) is 0 Å². The molecule has 0 fully saturated rings. The van der Waals surface area contributed by atoms with E-state index in [4.69, 9.17) is 9.47 Å². The molecular weight excluding hydrogens is 444 g/mol. The van der Waals surface area contributed by atoms with Crippen molar-refractivity contribution in [3.8, 4) is 11.5 Å². The first-order valence-electron chi connectivity index (χ1n) is 9.08. The van der Waals surface area contributed by atoms with Crippen molar-refractivity contribution in [2.24, 2.45) is 0 Å². The number of para-hydroxylation sites is 1. The number of nitrogens with zero attached hydrogens (tertiary/aromatic N) is 4. The second-order valence-corrected chi connectivity index (χ2v) is 7.71. The van der Waals surface area contributed by atoms with Crippen LogP contribution in [-0.4, -0.2) is 62.1 Å². The number of benzene rings is 2. The monoisotopic (exact) mass is 466 g/mol. The van der Waals surface area contributed by atoms with Crippen LogP contribution in [0.4, 0.5) is 10.8 Å². The number of carbonyl (C=O) groups excluding carboxylic acids is 1. The standard InChI is InChI=1S/C20H22N4O5S.ClH/c1-22(2)9-10-23(20-21-14-7-5-6-8-18(14)30-20)19(25)13-11-16(28-3)17(29-4)12-15(13)24(26)27;/h5-8,11-12H,9-10H2,1-4H3;1H. The number of methoxy groups -OCH3 is 2. The van der Waals surface area contributed by atoms with Crippen LogP contribution in [0, 0.1) is 10.1 Å². The third-order valence-electron chi connectivity index (χ3n) is 4.46. The summed E-state index contributed by atoms with van der Waals surface area (Å²) in [6, 6.07) is 10.1. The number of halogens is 1. The first kappa shape index (κ1) is 24.3. The van der Waals surface area contributed by atoms with Crippen LogP contribution in [-0.2, 0) is 0 Å². The van der Waals surface area contributed by atoms with Crippen LogP contribution < -0.4 is 14.4 Å². The number of nitro groups is 1. The highest BCUT2D eigenvalue weighted by Crippen LogP contribution is 2.36. The van der Waals surface area contributed by atoms with Crippen molar-refractivity contribution < 1.29 is 19.2 Å². The Morgan fingerprint density at radius 1 is 1.13 bits per heavy atom. The zero-order chi connectivity index (χ0) is 21.8. The van der Waals surface area contributed by atoms with E-state index in [2.05, 4.69) is 4.98 Å². The molecule has 0 spiro atoms. The van der Waals surface area contributed by atoms with Crippen LogP contribution in [0.15, 0.2) is 36.4 Å². The lowest BCUT2D eigenvalue weighted by molar-refractivity contribution is -0.385. The summed E-state index contributed by atoms with van der Waals surface area (Å²) in [4.78, 5) is 32.5. The lowest BCUT2D eigenvalue weighted by atomic mass is 10.1. The van der Waals surface area contributed by atoms with E-state index in [1.165, 1.54) is 42.6 Å². The highest BCUT2D eigenvalue weighted by molar-refractivity contribution is 7.22. The Morgan fingerprint density at radius 3 is 2.35 bits per heavy atom. The van der Waals surface area contributed by atoms with Crippen molar-refractivity contribution in [3.63, 3.8) is 0 Å². The molecule has 3 rings (SSSR count). The smallest absolute Gasteiger partial charge is 0.286 e. The van der Waals surface area contributed by atoms with E-state index in [1.54, 1.807) is 0 Å². The molecule has 0 aliphatic heterocycles. The summed E-state index contributed by atoms with van der Waals surface area (Å²) in [7, 11) is 6.57. The summed E-state index contributed by atoms with van der Waals surface area (Å²) >= 11 is 1.36. The van der Waals surface area contributed by atoms with Gasteiger partial charge >= 0.3 is 0 Å². The molecule has 0 aliphatic rings. The third kappa shape index (κ3) is 5.22. The second kappa shape index (κ2) is 10.4. The zero-order valence-corrected chi connectivity index (χ0v) is 19.2. The summed E-state index contributed by atoms with van der Waals surface area (Å²) < 4.78 is 11.3. The highest BCUT2D eigenvalue weighted by Gasteiger charge is 2.30. The number of hydrogen-bond acceptors (Lipinski definition) is 8. The number of amides is 1. The minimum Gasteiger partial charge on any atom is -0.493 e. The van der Waals surface area contributed by atoms with Gasteiger partial charge in [-0.3, -0.25) is 19.8 Å². The van der Waals surface area contributed by atoms with E-state index in [1.807, 2.05) is 43.3 Å². The summed E-state index contributed by atoms with van der Waals surface area (Å²) in [6.07, 6.45) is 0. The number of rotatable bonds is 8. The van der Waals surface area contributed by atoms with E-state index in [9.17, 15) is 14.9 Å². The van der Waals surface area contributed by atoms with E-state index in [0.717, 1.165) is 10.2 Å². The van der Waals surface area contributed by atoms with Gasteiger partial charge in [0, 0.05) is 19.2 Å². The summed E-state index contributed by atoms with van der Waals surface area (Å²) in [5.74, 6) is -0.104. The molecule has 31 heavy (non-hydrogen) atoms. The zero-order valence-electron chi connectivity index (χ0n) is 17.5. The Labute approximate surface area is 189 Å². The molecule has 0 radical (unpaired) electrons. The molecule has 9 nitrogen and oxygen atoms in total. The molecule has 11 heteroatoms. The van der Waals surface area contributed by atoms with E-state index in [0.29, 0.717) is 18.2 Å². The number of carbonyl (C=O) groups is 1. The van der Waals surface area contributed by atoms with Gasteiger partial charge in [-0.25, -0.2) is 4.98 Å². The number of hydrogen-bond donors (Lipinski definition) is 0. The Kier molecular flexibility index (Phi) is 8.14. The minimum atomic E-state index is -0.600. The predicted octanol–water partition coefficient (Wildman–Crippen LogP) is 3.85. The number of nitro benzene ring substituents is 1. The minimum absolute atomic E-state index is 0. The molecule has 1 aromatic heterocycles. The van der Waals surface area contributed by atoms with Crippen molar-refractivity contribution >= 4 is 50.7 Å². The largest absolute Gasteiger partial charge is 0.493 e. The molecule has 0 aliphatic carbocycles. The summed E-state index contributed by atoms with van der Waals surface area (Å²) in [5, 5.41) is 12.2. The molecule has 0 N–H and O–H groups in total. The van der Waals surface area contributed by atoms with Gasteiger partial charge in [0.2, 0.25) is 0 Å². The Morgan fingerprint density at radius 2 is 1.77 bits per heavy atom. The van der Waals surface area contributed by atoms with E-state index in [-0.39, 0.29) is 35.2 Å². The summed E-state index contributed by atoms with van der Waals surface area (Å²) in [5.41, 5.74) is 0.325. The van der Waals surface area contributed by atoms with Gasteiger partial charge in [-0.2, -0.15) is 0 Å². The molecule has 2 aromatic carbocycles. The first-order chi connectivity index (χ1) is 14.3. The normalized spacial score (nSPS) is 10.6. The number of ether oxygens (including phenoxy) is 2. The molecular formula is C20H23ClN4O5S. The van der Waals surface area contributed by atoms with Crippen LogP contribution >= 0.6 is 23.7 Å². The first-order valence-corrected chi connectivity index (χ1v) is 9.90. The molecule has 0 saturated heterocycles. The van der Waals surface area contributed by atoms with Gasteiger partial charge in [0.1, 0.15) is 5.56 Å². The van der Waals surface area contributed by atoms with Gasteiger partial charge in [-0.05, 0) is 26.2 Å². The maximum Gasteiger partial charge on any atom is 0.286 e. The lowest BCUT2D eigenvalue weighted by Gasteiger charge is -2.22. The fraction of sp³-hybridized carbons (Fsp3) is 0.300. The van der Waals surface area contributed by atoms with Gasteiger partial charge in [0.05, 0.1) is 35.4 Å². The van der Waals surface area contributed by atoms with Gasteiger partial charge < -0.3 is 14.4 Å². The van der Waals surface area contributed by atoms with Crippen LogP contribution in [0.5, 0.6) is 11.5 Å². The molecule has 0 atom stereocenters. The van der Waals surface area contributed by atoms with Crippen molar-refractivity contribution in [1.82, 2.24) is 9.88 Å². The van der Waals surface area contributed by atoms with Crippen LogP contribution in [0.2, 0.25) is 0 Å². The number of thiazole rings is 1. The van der Waals surface area contributed by atoms with E-state index >= 15 is 0 Å². The van der Waals surface area contributed by atoms with Gasteiger partial charge in [-0.15, -0.1) is 12.4 Å². The predicted molar refractivity (Wildman–Crippen MR) is 123 cm³/mol. The van der Waals surface area contributed by atoms with Gasteiger partial charge in [0.25, 0.3) is 11.6 Å². The van der Waals surface area contributed by atoms with Gasteiger partial charge in [-0.1, -0.05) is 23.5 Å². The lowest BCUT2D eigenvalue weighted by Crippen LogP contribution is -2.37. The quantitative estimate of drug-likeness (QED) is 0.367. The average molecular weight is 467 g/mol. The second-order valence-electron chi connectivity index (χ2n) is 6.71. The number of fused-ring (bicyclic) bond motifs is 1. The fourth-order valence-corrected chi connectivity index (χ4v) is 3.89.